The van der Waals surface area contributed by atoms with Crippen molar-refractivity contribution in [3.05, 3.63) is 34.9 Å². The maximum atomic E-state index is 3.56. The number of hydrogen-bond donors (Lipinski definition) is 0. The molecule has 0 N–H and O–H groups in total. The molecule has 0 heterocycles. The number of rotatable bonds is 5. The highest BCUT2D eigenvalue weighted by atomic mass is 28.3. The quantitative estimate of drug-likeness (QED) is 0.549. The van der Waals surface area contributed by atoms with Crippen molar-refractivity contribution in [1.82, 2.24) is 4.90 Å². The molecule has 0 spiro atoms. The van der Waals surface area contributed by atoms with Gasteiger partial charge in [-0.1, -0.05) is 51.5 Å². The summed E-state index contributed by atoms with van der Waals surface area (Å²) in [6.45, 7) is 14.0. The number of benzene rings is 1. The first-order chi connectivity index (χ1) is 10.9. The first-order valence-electron chi connectivity index (χ1n) is 9.32. The van der Waals surface area contributed by atoms with Crippen LogP contribution < -0.4 is 0 Å². The summed E-state index contributed by atoms with van der Waals surface area (Å²) in [7, 11) is -1.32. The number of nitrogens with zero attached hydrogens (tertiary/aromatic N) is 1. The summed E-state index contributed by atoms with van der Waals surface area (Å²) in [5, 5.41) is 0. The predicted octanol–water partition coefficient (Wildman–Crippen LogP) is 4.89. The minimum Gasteiger partial charge on any atom is -0.300 e. The first-order valence-corrected chi connectivity index (χ1v) is 12.8. The number of fused-ring (bicyclic) bond motifs is 1. The van der Waals surface area contributed by atoms with Gasteiger partial charge in [0.05, 0.1) is 0 Å². The lowest BCUT2D eigenvalue weighted by molar-refractivity contribution is 0.180. The van der Waals surface area contributed by atoms with Crippen LogP contribution in [0.4, 0.5) is 0 Å². The molecule has 1 nitrogen and oxygen atoms in total. The van der Waals surface area contributed by atoms with Crippen LogP contribution in [0, 0.1) is 11.5 Å². The molecule has 0 fully saturated rings. The van der Waals surface area contributed by atoms with E-state index < -0.39 is 8.07 Å². The average Bonchev–Trinajstić information content (AvgIpc) is 2.51. The van der Waals surface area contributed by atoms with Crippen molar-refractivity contribution in [2.45, 2.75) is 71.6 Å². The molecule has 1 unspecified atom stereocenters. The Morgan fingerprint density at radius 3 is 2.43 bits per heavy atom. The Labute approximate surface area is 144 Å². The van der Waals surface area contributed by atoms with Gasteiger partial charge in [-0.2, -0.15) is 0 Å². The van der Waals surface area contributed by atoms with Crippen molar-refractivity contribution in [2.24, 2.45) is 0 Å². The third-order valence-corrected chi connectivity index (χ3v) is 5.44. The highest BCUT2D eigenvalue weighted by molar-refractivity contribution is 6.83. The molecule has 0 amide bonds. The van der Waals surface area contributed by atoms with E-state index in [9.17, 15) is 0 Å². The zero-order valence-electron chi connectivity index (χ0n) is 15.7. The van der Waals surface area contributed by atoms with E-state index in [4.69, 9.17) is 0 Å². The van der Waals surface area contributed by atoms with Crippen molar-refractivity contribution in [3.8, 4) is 11.5 Å². The molecule has 2 heteroatoms. The van der Waals surface area contributed by atoms with Crippen LogP contribution in [0.1, 0.15) is 49.8 Å². The average molecular weight is 328 g/mol. The Morgan fingerprint density at radius 2 is 1.83 bits per heavy atom. The summed E-state index contributed by atoms with van der Waals surface area (Å²) < 4.78 is 0. The molecule has 1 aliphatic carbocycles. The SMILES string of the molecule is CCCN(CCC)C1CCc2cccc(C#C[Si](C)(C)C)c2C1. The van der Waals surface area contributed by atoms with Gasteiger partial charge in [-0.15, -0.1) is 5.54 Å². The summed E-state index contributed by atoms with van der Waals surface area (Å²) in [5.74, 6) is 3.53. The molecule has 0 aromatic heterocycles. The Hall–Kier alpha value is -1.04. The standard InChI is InChI=1S/C21H33NSi/c1-6-14-22(15-7-2)20-12-11-18-9-8-10-19(21(18)17-20)13-16-23(3,4)5/h8-10,20H,6-7,11-12,14-15,17H2,1-5H3. The summed E-state index contributed by atoms with van der Waals surface area (Å²) in [5.41, 5.74) is 7.92. The van der Waals surface area contributed by atoms with E-state index in [1.165, 1.54) is 61.9 Å². The third-order valence-electron chi connectivity index (χ3n) is 4.57. The topological polar surface area (TPSA) is 3.24 Å². The van der Waals surface area contributed by atoms with Gasteiger partial charge in [-0.05, 0) is 62.4 Å². The van der Waals surface area contributed by atoms with Crippen LogP contribution in [0.25, 0.3) is 0 Å². The van der Waals surface area contributed by atoms with Crippen LogP contribution in [0.15, 0.2) is 18.2 Å². The molecular weight excluding hydrogens is 294 g/mol. The van der Waals surface area contributed by atoms with Gasteiger partial charge in [0.15, 0.2) is 0 Å². The second kappa shape index (κ2) is 8.17. The van der Waals surface area contributed by atoms with Gasteiger partial charge in [0.1, 0.15) is 8.07 Å². The van der Waals surface area contributed by atoms with Gasteiger partial charge in [0.2, 0.25) is 0 Å². The molecule has 1 aromatic carbocycles. The summed E-state index contributed by atoms with van der Waals surface area (Å²) >= 11 is 0. The van der Waals surface area contributed by atoms with E-state index in [1.807, 2.05) is 0 Å². The fourth-order valence-electron chi connectivity index (χ4n) is 3.50. The van der Waals surface area contributed by atoms with Gasteiger partial charge >= 0.3 is 0 Å². The minimum absolute atomic E-state index is 0.706. The van der Waals surface area contributed by atoms with Crippen LogP contribution >= 0.6 is 0 Å². The fraction of sp³-hybridized carbons (Fsp3) is 0.619. The lowest BCUT2D eigenvalue weighted by Crippen LogP contribution is -2.40. The van der Waals surface area contributed by atoms with Crippen molar-refractivity contribution < 1.29 is 0 Å². The van der Waals surface area contributed by atoms with E-state index in [0.717, 1.165) is 0 Å². The monoisotopic (exact) mass is 327 g/mol. The smallest absolute Gasteiger partial charge is 0.129 e. The first kappa shape index (κ1) is 18.3. The maximum absolute atomic E-state index is 3.56. The van der Waals surface area contributed by atoms with E-state index in [2.05, 4.69) is 68.1 Å². The van der Waals surface area contributed by atoms with Crippen LogP contribution in [0.2, 0.25) is 19.6 Å². The highest BCUT2D eigenvalue weighted by Crippen LogP contribution is 2.27. The van der Waals surface area contributed by atoms with Crippen molar-refractivity contribution in [2.75, 3.05) is 13.1 Å². The lowest BCUT2D eigenvalue weighted by Gasteiger charge is -2.35. The molecule has 126 valence electrons. The molecular formula is C21H33NSi. The summed E-state index contributed by atoms with van der Waals surface area (Å²) in [6.07, 6.45) is 6.21. The van der Waals surface area contributed by atoms with Gasteiger partial charge in [0.25, 0.3) is 0 Å². The van der Waals surface area contributed by atoms with E-state index in [-0.39, 0.29) is 0 Å². The molecule has 1 aliphatic rings. The minimum atomic E-state index is -1.32. The maximum Gasteiger partial charge on any atom is 0.129 e. The Bertz CT molecular complexity index is 568. The second-order valence-corrected chi connectivity index (χ2v) is 12.6. The summed E-state index contributed by atoms with van der Waals surface area (Å²) in [4.78, 5) is 2.71. The van der Waals surface area contributed by atoms with Crippen LogP contribution in [-0.4, -0.2) is 32.1 Å². The highest BCUT2D eigenvalue weighted by Gasteiger charge is 2.24. The molecule has 0 bridgehead atoms. The molecule has 2 rings (SSSR count). The molecule has 1 aromatic rings. The fourth-order valence-corrected chi connectivity index (χ4v) is 4.01. The Morgan fingerprint density at radius 1 is 1.13 bits per heavy atom. The molecule has 0 saturated carbocycles. The van der Waals surface area contributed by atoms with E-state index >= 15 is 0 Å². The van der Waals surface area contributed by atoms with E-state index in [0.29, 0.717) is 6.04 Å². The van der Waals surface area contributed by atoms with Crippen molar-refractivity contribution in [1.29, 1.82) is 0 Å². The number of hydrogen-bond acceptors (Lipinski definition) is 1. The van der Waals surface area contributed by atoms with Gasteiger partial charge in [-0.25, -0.2) is 0 Å². The third kappa shape index (κ3) is 5.23. The van der Waals surface area contributed by atoms with Crippen LogP contribution in [0.5, 0.6) is 0 Å². The van der Waals surface area contributed by atoms with Crippen molar-refractivity contribution >= 4 is 8.07 Å². The van der Waals surface area contributed by atoms with Gasteiger partial charge in [-0.3, -0.25) is 0 Å². The molecule has 23 heavy (non-hydrogen) atoms. The predicted molar refractivity (Wildman–Crippen MR) is 105 cm³/mol. The Balaban J connectivity index is 2.25. The second-order valence-electron chi connectivity index (χ2n) is 7.88. The van der Waals surface area contributed by atoms with Crippen molar-refractivity contribution in [3.63, 3.8) is 0 Å². The molecule has 0 saturated heterocycles. The lowest BCUT2D eigenvalue weighted by atomic mass is 9.84. The molecule has 0 aliphatic heterocycles. The number of aryl methyl sites for hydroxylation is 1. The van der Waals surface area contributed by atoms with Crippen LogP contribution in [0.3, 0.4) is 0 Å². The largest absolute Gasteiger partial charge is 0.300 e. The van der Waals surface area contributed by atoms with Crippen LogP contribution in [-0.2, 0) is 12.8 Å². The zero-order chi connectivity index (χ0) is 16.9. The summed E-state index contributed by atoms with van der Waals surface area (Å²) in [6, 6.07) is 7.45. The molecule has 1 atom stereocenters. The van der Waals surface area contributed by atoms with E-state index in [1.54, 1.807) is 0 Å². The normalized spacial score (nSPS) is 17.6. The zero-order valence-corrected chi connectivity index (χ0v) is 16.7. The van der Waals surface area contributed by atoms with Gasteiger partial charge < -0.3 is 4.90 Å². The van der Waals surface area contributed by atoms with Gasteiger partial charge in [0, 0.05) is 11.6 Å². The molecule has 0 radical (unpaired) electrons. The Kier molecular flexibility index (Phi) is 6.50.